The molecule has 0 aliphatic carbocycles. The summed E-state index contributed by atoms with van der Waals surface area (Å²) in [6, 6.07) is 50.1. The molecule has 18 heteroatoms. The molecular weight excluding hydrogens is 1170 g/mol. The van der Waals surface area contributed by atoms with E-state index in [4.69, 9.17) is 9.47 Å². The van der Waals surface area contributed by atoms with Crippen molar-refractivity contribution in [2.45, 2.75) is 105 Å². The molecule has 9 rings (SSSR count). The molecule has 6 aromatic carbocycles. The molecule has 1 aliphatic heterocycles. The number of esters is 2. The minimum Gasteiger partial charge on any atom is -0.466 e. The number of Topliss-reactive ketones (excluding diaryl/α,β-unsaturated/α-hetero) is 3. The monoisotopic (exact) mass is 1250 g/mol. The van der Waals surface area contributed by atoms with Crippen LogP contribution in [0.25, 0.3) is 44.8 Å². The quantitative estimate of drug-likeness (QED) is 0.0431. The first kappa shape index (κ1) is 69.5. The molecule has 0 spiro atoms. The summed E-state index contributed by atoms with van der Waals surface area (Å²) < 4.78 is 46.8. The average molecular weight is 1250 g/mol. The highest BCUT2D eigenvalue weighted by Gasteiger charge is 2.33. The second-order valence-corrected chi connectivity index (χ2v) is 22.4. The number of hydrogen-bond donors (Lipinski definition) is 2. The SMILES string of the molecule is CC(C)c1c(C(=O)Nc2ccccc2)c(-c2ccccc2)c(-c2ccc(F)cc2)n1CCC(=O)N1CCOCC1.CCOC(=O)CC(=O)CC(=O)CCn1c(-c2ccc(F)cc2)c(-c2ccccc2)c(C(=O)Nc2ccccc2)c1C(C)C.CCOC(=O)CC(C)=O. The van der Waals surface area contributed by atoms with Crippen LogP contribution in [0.4, 0.5) is 20.2 Å². The zero-order valence-corrected chi connectivity index (χ0v) is 53.1. The molecule has 3 amide bonds. The Hall–Kier alpha value is -9.94. The topological polar surface area (TPSA) is 201 Å². The number of para-hydroxylation sites is 2. The molecular formula is C74H79F2N5O11. The van der Waals surface area contributed by atoms with Crippen molar-refractivity contribution in [2.75, 3.05) is 50.2 Å². The normalized spacial score (nSPS) is 11.8. The molecule has 8 aromatic rings. The van der Waals surface area contributed by atoms with Gasteiger partial charge in [-0.15, -0.1) is 0 Å². The van der Waals surface area contributed by atoms with Crippen LogP contribution in [0.1, 0.15) is 125 Å². The van der Waals surface area contributed by atoms with Gasteiger partial charge in [0, 0.05) is 72.9 Å². The lowest BCUT2D eigenvalue weighted by Crippen LogP contribution is -2.41. The van der Waals surface area contributed by atoms with E-state index in [0.29, 0.717) is 84.5 Å². The zero-order valence-electron chi connectivity index (χ0n) is 53.1. The van der Waals surface area contributed by atoms with Crippen LogP contribution in [-0.4, -0.2) is 101 Å². The van der Waals surface area contributed by atoms with Crippen LogP contribution in [0.5, 0.6) is 0 Å². The van der Waals surface area contributed by atoms with Crippen molar-refractivity contribution in [1.29, 1.82) is 0 Å². The highest BCUT2D eigenvalue weighted by atomic mass is 19.1. The Morgan fingerprint density at radius 3 is 1.24 bits per heavy atom. The van der Waals surface area contributed by atoms with Gasteiger partial charge in [-0.05, 0) is 128 Å². The van der Waals surface area contributed by atoms with Gasteiger partial charge in [0.1, 0.15) is 36.0 Å². The lowest BCUT2D eigenvalue weighted by Gasteiger charge is -2.27. The number of halogens is 2. The van der Waals surface area contributed by atoms with E-state index in [2.05, 4.69) is 33.8 Å². The molecule has 16 nitrogen and oxygen atoms in total. The minimum atomic E-state index is -0.659. The fourth-order valence-corrected chi connectivity index (χ4v) is 11.0. The van der Waals surface area contributed by atoms with E-state index in [-0.39, 0.29) is 79.4 Å². The number of carbonyl (C=O) groups excluding carboxylic acids is 8. The van der Waals surface area contributed by atoms with Gasteiger partial charge in [-0.2, -0.15) is 0 Å². The average Bonchev–Trinajstić information content (AvgIpc) is 1.60. The summed E-state index contributed by atoms with van der Waals surface area (Å²) in [6.45, 7) is 16.0. The molecule has 0 atom stereocenters. The zero-order chi connectivity index (χ0) is 66.3. The van der Waals surface area contributed by atoms with Crippen molar-refractivity contribution in [3.8, 4) is 44.8 Å². The largest absolute Gasteiger partial charge is 0.466 e. The third-order valence-corrected chi connectivity index (χ3v) is 14.8. The van der Waals surface area contributed by atoms with Gasteiger partial charge in [-0.1, -0.05) is 125 Å². The fourth-order valence-electron chi connectivity index (χ4n) is 11.0. The first-order valence-electron chi connectivity index (χ1n) is 30.9. The third-order valence-electron chi connectivity index (χ3n) is 14.8. The maximum atomic E-state index is 14.1. The Labute approximate surface area is 535 Å². The fraction of sp³-hybridized carbons (Fsp3) is 0.297. The summed E-state index contributed by atoms with van der Waals surface area (Å²) in [5.74, 6) is -3.51. The van der Waals surface area contributed by atoms with Crippen molar-refractivity contribution in [3.05, 3.63) is 204 Å². The summed E-state index contributed by atoms with van der Waals surface area (Å²) in [5, 5.41) is 6.10. The summed E-state index contributed by atoms with van der Waals surface area (Å²) in [6.07, 6.45) is -0.686. The molecule has 2 aromatic heterocycles. The van der Waals surface area contributed by atoms with Gasteiger partial charge in [0.15, 0.2) is 5.78 Å². The number of rotatable bonds is 24. The molecule has 1 aliphatic rings. The molecule has 1 fully saturated rings. The standard InChI is InChI=1S/C35H35FN2O5.C33H34FN3O3.C6H10O3/c1-4-43-30(41)22-29(40)21-28(39)19-20-38-33(23(2)3)32(35(42)37-27-13-9-6-10-14-27)31(24-11-7-5-8-12-24)34(38)25-15-17-26(36)18-16-25;1-23(2)31-30(33(39)35-27-11-7-4-8-12-27)29(24-9-5-3-6-10-24)32(25-13-15-26(34)16-14-25)37(31)18-17-28(38)36-19-21-40-22-20-36;1-3-9-6(8)4-5(2)7/h5-18,23H,4,19-22H2,1-3H3,(H,37,42);3-16,23H,17-22H2,1-2H3,(H,35,39);3-4H2,1-2H3. The summed E-state index contributed by atoms with van der Waals surface area (Å²) in [4.78, 5) is 101. The molecule has 0 unspecified atom stereocenters. The summed E-state index contributed by atoms with van der Waals surface area (Å²) in [7, 11) is 0. The third kappa shape index (κ3) is 19.1. The molecule has 0 radical (unpaired) electrons. The second kappa shape index (κ2) is 34.3. The van der Waals surface area contributed by atoms with E-state index in [9.17, 15) is 47.1 Å². The molecule has 0 bridgehead atoms. The first-order chi connectivity index (χ1) is 44.3. The van der Waals surface area contributed by atoms with Crippen LogP contribution in [0.15, 0.2) is 170 Å². The van der Waals surface area contributed by atoms with Crippen molar-refractivity contribution < 1.29 is 61.3 Å². The van der Waals surface area contributed by atoms with Crippen molar-refractivity contribution in [3.63, 3.8) is 0 Å². The van der Waals surface area contributed by atoms with Gasteiger partial charge >= 0.3 is 11.9 Å². The van der Waals surface area contributed by atoms with E-state index in [0.717, 1.165) is 33.6 Å². The number of carbonyl (C=O) groups is 8. The predicted molar refractivity (Wildman–Crippen MR) is 352 cm³/mol. The molecule has 1 saturated heterocycles. The number of amides is 3. The number of nitrogens with one attached hydrogen (secondary N) is 2. The Morgan fingerprint density at radius 2 is 0.859 bits per heavy atom. The number of aromatic nitrogens is 2. The Balaban J connectivity index is 0.000000230. The van der Waals surface area contributed by atoms with Gasteiger partial charge in [0.05, 0.1) is 55.4 Å². The van der Waals surface area contributed by atoms with Crippen LogP contribution in [0.3, 0.4) is 0 Å². The lowest BCUT2D eigenvalue weighted by molar-refractivity contribution is -0.147. The smallest absolute Gasteiger partial charge is 0.313 e. The number of ketones is 3. The lowest BCUT2D eigenvalue weighted by atomic mass is 9.94. The maximum Gasteiger partial charge on any atom is 0.313 e. The number of ether oxygens (including phenoxy) is 3. The van der Waals surface area contributed by atoms with Gasteiger partial charge in [0.25, 0.3) is 11.8 Å². The minimum absolute atomic E-state index is 0.00880. The molecule has 0 saturated carbocycles. The number of anilines is 2. The van der Waals surface area contributed by atoms with Crippen molar-refractivity contribution in [1.82, 2.24) is 14.0 Å². The van der Waals surface area contributed by atoms with Gasteiger partial charge in [-0.3, -0.25) is 38.4 Å². The van der Waals surface area contributed by atoms with Crippen LogP contribution in [0.2, 0.25) is 0 Å². The maximum absolute atomic E-state index is 14.1. The number of nitrogens with zero attached hydrogens (tertiary/aromatic N) is 3. The first-order valence-corrected chi connectivity index (χ1v) is 30.9. The Kier molecular flexibility index (Phi) is 25.9. The van der Waals surface area contributed by atoms with E-state index in [1.54, 1.807) is 50.2 Å². The van der Waals surface area contributed by atoms with Gasteiger partial charge in [-0.25, -0.2) is 8.78 Å². The van der Waals surface area contributed by atoms with E-state index in [1.165, 1.54) is 31.2 Å². The number of morpholine rings is 1. The van der Waals surface area contributed by atoms with Crippen LogP contribution in [0, 0.1) is 11.6 Å². The van der Waals surface area contributed by atoms with Crippen LogP contribution < -0.4 is 10.6 Å². The highest BCUT2D eigenvalue weighted by molar-refractivity contribution is 6.14. The number of hydrogen-bond acceptors (Lipinski definition) is 11. The molecule has 3 heterocycles. The highest BCUT2D eigenvalue weighted by Crippen LogP contribution is 2.44. The van der Waals surface area contributed by atoms with E-state index in [1.807, 2.05) is 133 Å². The number of benzene rings is 6. The summed E-state index contributed by atoms with van der Waals surface area (Å²) in [5.41, 5.74) is 9.88. The second-order valence-electron chi connectivity index (χ2n) is 22.4. The van der Waals surface area contributed by atoms with E-state index >= 15 is 0 Å². The van der Waals surface area contributed by atoms with Gasteiger partial charge < -0.3 is 38.9 Å². The van der Waals surface area contributed by atoms with E-state index < -0.39 is 36.4 Å². The van der Waals surface area contributed by atoms with Crippen LogP contribution >= 0.6 is 0 Å². The van der Waals surface area contributed by atoms with Gasteiger partial charge in [0.2, 0.25) is 5.91 Å². The molecule has 2 N–H and O–H groups in total. The predicted octanol–water partition coefficient (Wildman–Crippen LogP) is 14.3. The molecule has 92 heavy (non-hydrogen) atoms. The molecule has 480 valence electrons. The van der Waals surface area contributed by atoms with Crippen molar-refractivity contribution >= 4 is 58.4 Å². The Bertz CT molecular complexity index is 3810. The summed E-state index contributed by atoms with van der Waals surface area (Å²) >= 11 is 0. The van der Waals surface area contributed by atoms with Crippen LogP contribution in [-0.2, 0) is 56.1 Å². The van der Waals surface area contributed by atoms with Crippen molar-refractivity contribution in [2.24, 2.45) is 0 Å². The Morgan fingerprint density at radius 1 is 0.478 bits per heavy atom.